The standard InChI is InChI=1S/C25H14Cl2F3N3O2/c26-16-11-10-15(18(27)12-16)13-33-19-9-5-4-8-17(19)20(22(33)25(28,29)30)21(34)23-31-24(35-32-23)14-6-2-1-3-7-14/h1-12H,13H2. The number of carbonyl (C=O) groups excluding carboxylic acids is 1. The number of para-hydroxylation sites is 1. The van der Waals surface area contributed by atoms with Gasteiger partial charge in [0.15, 0.2) is 0 Å². The largest absolute Gasteiger partial charge is 0.432 e. The number of aromatic nitrogens is 3. The lowest BCUT2D eigenvalue weighted by Gasteiger charge is -2.15. The van der Waals surface area contributed by atoms with Crippen molar-refractivity contribution in [1.29, 1.82) is 0 Å². The molecule has 0 atom stereocenters. The number of carbonyl (C=O) groups is 1. The van der Waals surface area contributed by atoms with Crippen LogP contribution in [0.1, 0.15) is 27.4 Å². The molecule has 2 aromatic heterocycles. The molecular weight excluding hydrogens is 502 g/mol. The zero-order valence-corrected chi connectivity index (χ0v) is 19.2. The van der Waals surface area contributed by atoms with Gasteiger partial charge in [0.25, 0.3) is 5.89 Å². The first kappa shape index (κ1) is 23.1. The Morgan fingerprint density at radius 2 is 1.69 bits per heavy atom. The van der Waals surface area contributed by atoms with Gasteiger partial charge in [-0.15, -0.1) is 0 Å². The maximum Gasteiger partial charge on any atom is 0.432 e. The first-order valence-electron chi connectivity index (χ1n) is 10.3. The van der Waals surface area contributed by atoms with Crippen LogP contribution in [0.15, 0.2) is 77.3 Å². The molecule has 0 radical (unpaired) electrons. The second kappa shape index (κ2) is 8.87. The number of halogens is 5. The Hall–Kier alpha value is -3.62. The minimum Gasteiger partial charge on any atom is -0.333 e. The number of hydrogen-bond acceptors (Lipinski definition) is 4. The third-order valence-electron chi connectivity index (χ3n) is 5.46. The van der Waals surface area contributed by atoms with Gasteiger partial charge in [0.05, 0.1) is 5.56 Å². The third kappa shape index (κ3) is 4.31. The van der Waals surface area contributed by atoms with Gasteiger partial charge in [0.1, 0.15) is 5.69 Å². The highest BCUT2D eigenvalue weighted by Crippen LogP contribution is 2.40. The average Bonchev–Trinajstić information content (AvgIpc) is 3.45. The number of alkyl halides is 3. The van der Waals surface area contributed by atoms with Crippen LogP contribution in [-0.2, 0) is 12.7 Å². The van der Waals surface area contributed by atoms with Crippen LogP contribution in [0.2, 0.25) is 10.0 Å². The van der Waals surface area contributed by atoms with E-state index in [2.05, 4.69) is 10.1 Å². The summed E-state index contributed by atoms with van der Waals surface area (Å²) in [6.07, 6.45) is -4.87. The molecule has 176 valence electrons. The molecule has 2 heterocycles. The highest BCUT2D eigenvalue weighted by atomic mass is 35.5. The lowest BCUT2D eigenvalue weighted by atomic mass is 10.1. The van der Waals surface area contributed by atoms with E-state index in [1.807, 2.05) is 0 Å². The van der Waals surface area contributed by atoms with Crippen molar-refractivity contribution in [3.05, 3.63) is 105 Å². The molecule has 0 N–H and O–H groups in total. The van der Waals surface area contributed by atoms with Gasteiger partial charge in [-0.3, -0.25) is 4.79 Å². The molecule has 5 aromatic rings. The summed E-state index contributed by atoms with van der Waals surface area (Å²) in [4.78, 5) is 17.5. The van der Waals surface area contributed by atoms with Gasteiger partial charge in [-0.1, -0.05) is 70.8 Å². The van der Waals surface area contributed by atoms with E-state index in [-0.39, 0.29) is 28.4 Å². The minimum atomic E-state index is -4.87. The number of benzene rings is 3. The fourth-order valence-electron chi connectivity index (χ4n) is 3.94. The molecule has 0 amide bonds. The number of nitrogens with zero attached hydrogens (tertiary/aromatic N) is 3. The molecule has 5 rings (SSSR count). The van der Waals surface area contributed by atoms with Gasteiger partial charge in [-0.05, 0) is 35.9 Å². The Kier molecular flexibility index (Phi) is 5.86. The van der Waals surface area contributed by atoms with Gasteiger partial charge >= 0.3 is 6.18 Å². The van der Waals surface area contributed by atoms with Gasteiger partial charge in [-0.2, -0.15) is 18.2 Å². The van der Waals surface area contributed by atoms with Crippen LogP contribution < -0.4 is 0 Å². The Balaban J connectivity index is 1.68. The minimum absolute atomic E-state index is 0.0270. The number of hydrogen-bond donors (Lipinski definition) is 0. The number of ketones is 1. The Morgan fingerprint density at radius 1 is 0.971 bits per heavy atom. The van der Waals surface area contributed by atoms with E-state index in [4.69, 9.17) is 27.7 Å². The van der Waals surface area contributed by atoms with Crippen molar-refractivity contribution >= 4 is 39.9 Å². The van der Waals surface area contributed by atoms with E-state index in [1.165, 1.54) is 24.3 Å². The van der Waals surface area contributed by atoms with E-state index < -0.39 is 29.0 Å². The molecule has 0 saturated carbocycles. The highest BCUT2D eigenvalue weighted by Gasteiger charge is 2.42. The van der Waals surface area contributed by atoms with Gasteiger partial charge < -0.3 is 9.09 Å². The topological polar surface area (TPSA) is 60.9 Å². The van der Waals surface area contributed by atoms with E-state index >= 15 is 0 Å². The second-order valence-corrected chi connectivity index (χ2v) is 8.52. The van der Waals surface area contributed by atoms with Crippen LogP contribution in [0.5, 0.6) is 0 Å². The van der Waals surface area contributed by atoms with Crippen molar-refractivity contribution in [3.63, 3.8) is 0 Å². The monoisotopic (exact) mass is 515 g/mol. The summed E-state index contributed by atoms with van der Waals surface area (Å²) in [6, 6.07) is 19.3. The Labute approximate surface area is 206 Å². The maximum absolute atomic E-state index is 14.5. The lowest BCUT2D eigenvalue weighted by molar-refractivity contribution is -0.143. The Morgan fingerprint density at radius 3 is 2.40 bits per heavy atom. The van der Waals surface area contributed by atoms with Crippen molar-refractivity contribution in [2.75, 3.05) is 0 Å². The number of rotatable bonds is 5. The summed E-state index contributed by atoms with van der Waals surface area (Å²) in [5.41, 5.74) is -0.525. The van der Waals surface area contributed by atoms with Gasteiger partial charge in [0.2, 0.25) is 11.6 Å². The van der Waals surface area contributed by atoms with Crippen LogP contribution >= 0.6 is 23.2 Å². The molecule has 0 aliphatic carbocycles. The third-order valence-corrected chi connectivity index (χ3v) is 6.05. The normalized spacial score (nSPS) is 11.8. The SMILES string of the molecule is O=C(c1noc(-c2ccccc2)n1)c1c(C(F)(F)F)n(Cc2ccc(Cl)cc2Cl)c2ccccc12. The maximum atomic E-state index is 14.5. The summed E-state index contributed by atoms with van der Waals surface area (Å²) >= 11 is 12.2. The summed E-state index contributed by atoms with van der Waals surface area (Å²) in [7, 11) is 0. The molecule has 0 saturated heterocycles. The quantitative estimate of drug-likeness (QED) is 0.230. The zero-order chi connectivity index (χ0) is 24.7. The molecule has 0 aliphatic heterocycles. The molecule has 5 nitrogen and oxygen atoms in total. The fourth-order valence-corrected chi connectivity index (χ4v) is 4.41. The molecular formula is C25H14Cl2F3N3O2. The van der Waals surface area contributed by atoms with Crippen molar-refractivity contribution in [1.82, 2.24) is 14.7 Å². The van der Waals surface area contributed by atoms with Crippen LogP contribution in [0.4, 0.5) is 13.2 Å². The van der Waals surface area contributed by atoms with Crippen molar-refractivity contribution in [3.8, 4) is 11.5 Å². The smallest absolute Gasteiger partial charge is 0.333 e. The summed E-state index contributed by atoms with van der Waals surface area (Å²) < 4.78 is 49.6. The van der Waals surface area contributed by atoms with E-state index in [0.717, 1.165) is 4.57 Å². The number of fused-ring (bicyclic) bond motifs is 1. The van der Waals surface area contributed by atoms with Gasteiger partial charge in [-0.25, -0.2) is 0 Å². The predicted molar refractivity (Wildman–Crippen MR) is 126 cm³/mol. The summed E-state index contributed by atoms with van der Waals surface area (Å²) in [5.74, 6) is -1.44. The van der Waals surface area contributed by atoms with Crippen molar-refractivity contribution in [2.45, 2.75) is 12.7 Å². The molecule has 0 fully saturated rings. The fraction of sp³-hybridized carbons (Fsp3) is 0.0800. The average molecular weight is 516 g/mol. The molecule has 0 bridgehead atoms. The molecule has 35 heavy (non-hydrogen) atoms. The zero-order valence-electron chi connectivity index (χ0n) is 17.7. The van der Waals surface area contributed by atoms with E-state index in [9.17, 15) is 18.0 Å². The van der Waals surface area contributed by atoms with Gasteiger partial charge in [0, 0.05) is 33.1 Å². The summed E-state index contributed by atoms with van der Waals surface area (Å²) in [5, 5.41) is 4.35. The predicted octanol–water partition coefficient (Wildman–Crippen LogP) is 7.30. The first-order chi connectivity index (χ1) is 16.7. The van der Waals surface area contributed by atoms with Crippen LogP contribution in [0, 0.1) is 0 Å². The van der Waals surface area contributed by atoms with Crippen LogP contribution in [-0.4, -0.2) is 20.5 Å². The van der Waals surface area contributed by atoms with Crippen molar-refractivity contribution < 1.29 is 22.5 Å². The molecule has 10 heteroatoms. The molecule has 0 aliphatic rings. The molecule has 3 aromatic carbocycles. The molecule has 0 spiro atoms. The van der Waals surface area contributed by atoms with Crippen LogP contribution in [0.25, 0.3) is 22.4 Å². The van der Waals surface area contributed by atoms with E-state index in [1.54, 1.807) is 48.5 Å². The van der Waals surface area contributed by atoms with Crippen LogP contribution in [0.3, 0.4) is 0 Å². The second-order valence-electron chi connectivity index (χ2n) is 7.68. The lowest BCUT2D eigenvalue weighted by Crippen LogP contribution is -2.19. The Bertz CT molecular complexity index is 1560. The van der Waals surface area contributed by atoms with Crippen molar-refractivity contribution in [2.24, 2.45) is 0 Å². The summed E-state index contributed by atoms with van der Waals surface area (Å²) in [6.45, 7) is -0.236. The highest BCUT2D eigenvalue weighted by molar-refractivity contribution is 6.35. The first-order valence-corrected chi connectivity index (χ1v) is 11.1. The molecule has 0 unspecified atom stereocenters. The van der Waals surface area contributed by atoms with E-state index in [0.29, 0.717) is 16.1 Å².